The SMILES string of the molecule is COc1cc(-c2nnc(Sc3nc(NC(=S)Nc4ccc(Cl)cc4)nc(N4CCOCC4)n3)o2)cc(OC)c1OC. The first-order chi connectivity index (χ1) is 19.9. The van der Waals surface area contributed by atoms with Gasteiger partial charge in [-0.2, -0.15) is 15.0 Å². The molecule has 0 saturated carbocycles. The Bertz CT molecular complexity index is 1490. The topological polar surface area (TPSA) is 142 Å². The number of hydrogen-bond donors (Lipinski definition) is 2. The predicted molar refractivity (Wildman–Crippen MR) is 158 cm³/mol. The molecule has 0 unspecified atom stereocenters. The first-order valence-corrected chi connectivity index (χ1v) is 13.8. The van der Waals surface area contributed by atoms with Gasteiger partial charge in [0.15, 0.2) is 16.6 Å². The molecule has 0 bridgehead atoms. The Hall–Kier alpha value is -3.92. The average molecular weight is 617 g/mol. The van der Waals surface area contributed by atoms with Gasteiger partial charge in [-0.1, -0.05) is 11.6 Å². The van der Waals surface area contributed by atoms with E-state index in [2.05, 4.69) is 35.8 Å². The molecule has 2 aromatic heterocycles. The van der Waals surface area contributed by atoms with Crippen LogP contribution in [0.5, 0.6) is 17.2 Å². The van der Waals surface area contributed by atoms with Crippen molar-refractivity contribution in [3.05, 3.63) is 41.4 Å². The van der Waals surface area contributed by atoms with E-state index in [0.717, 1.165) is 17.4 Å². The summed E-state index contributed by atoms with van der Waals surface area (Å²) in [7, 11) is 4.60. The summed E-state index contributed by atoms with van der Waals surface area (Å²) < 4.78 is 27.7. The van der Waals surface area contributed by atoms with Crippen LogP contribution in [0.25, 0.3) is 11.5 Å². The standard InChI is InChI=1S/C25H25ClN8O5S2/c1-35-17-12-14(13-18(36-2)19(17)37-3)20-32-33-25(39-20)41-24-30-21(28-22(31-24)34-8-10-38-11-9-34)29-23(40)27-16-6-4-15(26)5-7-16/h4-7,12-13H,8-11H2,1-3H3,(H2,27,28,29,30,31,40). The fourth-order valence-corrected chi connectivity index (χ4v) is 4.75. The Labute approximate surface area is 249 Å². The molecule has 16 heteroatoms. The van der Waals surface area contributed by atoms with Crippen molar-refractivity contribution < 1.29 is 23.4 Å². The molecule has 1 saturated heterocycles. The van der Waals surface area contributed by atoms with Crippen LogP contribution in [0.15, 0.2) is 51.2 Å². The van der Waals surface area contributed by atoms with Crippen LogP contribution < -0.4 is 29.7 Å². The van der Waals surface area contributed by atoms with E-state index in [4.69, 9.17) is 47.2 Å². The molecule has 1 fully saturated rings. The Morgan fingerprint density at radius 2 is 1.66 bits per heavy atom. The van der Waals surface area contributed by atoms with Crippen molar-refractivity contribution in [2.45, 2.75) is 10.4 Å². The molecule has 5 rings (SSSR count). The zero-order valence-electron chi connectivity index (χ0n) is 22.2. The van der Waals surface area contributed by atoms with E-state index < -0.39 is 0 Å². The summed E-state index contributed by atoms with van der Waals surface area (Å²) in [5.41, 5.74) is 1.35. The molecule has 2 aromatic carbocycles. The van der Waals surface area contributed by atoms with Crippen molar-refractivity contribution in [2.75, 3.05) is 63.2 Å². The molecule has 0 spiro atoms. The van der Waals surface area contributed by atoms with Gasteiger partial charge in [0.1, 0.15) is 0 Å². The largest absolute Gasteiger partial charge is 0.493 e. The van der Waals surface area contributed by atoms with E-state index in [1.54, 1.807) is 24.3 Å². The highest BCUT2D eigenvalue weighted by Crippen LogP contribution is 2.41. The van der Waals surface area contributed by atoms with Crippen LogP contribution in [0.4, 0.5) is 17.6 Å². The second-order valence-electron chi connectivity index (χ2n) is 8.32. The summed E-state index contributed by atoms with van der Waals surface area (Å²) in [4.78, 5) is 15.7. The number of halogens is 1. The highest BCUT2D eigenvalue weighted by molar-refractivity contribution is 7.98. The Balaban J connectivity index is 1.39. The predicted octanol–water partition coefficient (Wildman–Crippen LogP) is 4.40. The molecule has 41 heavy (non-hydrogen) atoms. The molecule has 214 valence electrons. The lowest BCUT2D eigenvalue weighted by Crippen LogP contribution is -2.37. The van der Waals surface area contributed by atoms with E-state index >= 15 is 0 Å². The van der Waals surface area contributed by atoms with E-state index in [-0.39, 0.29) is 17.1 Å². The van der Waals surface area contributed by atoms with E-state index in [1.807, 2.05) is 17.0 Å². The lowest BCUT2D eigenvalue weighted by atomic mass is 10.2. The summed E-state index contributed by atoms with van der Waals surface area (Å²) in [6.07, 6.45) is 0. The number of anilines is 3. The zero-order chi connectivity index (χ0) is 28.8. The van der Waals surface area contributed by atoms with E-state index in [1.165, 1.54) is 21.3 Å². The molecule has 0 aliphatic carbocycles. The van der Waals surface area contributed by atoms with E-state index in [9.17, 15) is 0 Å². The maximum atomic E-state index is 5.98. The number of aromatic nitrogens is 5. The van der Waals surface area contributed by atoms with E-state index in [0.29, 0.717) is 70.4 Å². The third-order valence-corrected chi connectivity index (χ3v) is 6.88. The van der Waals surface area contributed by atoms with Crippen LogP contribution in [-0.2, 0) is 4.74 Å². The number of ether oxygens (including phenoxy) is 4. The number of nitrogens with one attached hydrogen (secondary N) is 2. The van der Waals surface area contributed by atoms with Crippen molar-refractivity contribution >= 4 is 58.3 Å². The molecular formula is C25H25ClN8O5S2. The number of methoxy groups -OCH3 is 3. The fraction of sp³-hybridized carbons (Fsp3) is 0.280. The fourth-order valence-electron chi connectivity index (χ4n) is 3.80. The first-order valence-electron chi connectivity index (χ1n) is 12.2. The maximum absolute atomic E-state index is 5.98. The number of benzene rings is 2. The number of hydrogen-bond acceptors (Lipinski definition) is 13. The molecule has 2 N–H and O–H groups in total. The molecular weight excluding hydrogens is 592 g/mol. The van der Waals surface area contributed by atoms with Gasteiger partial charge in [0.25, 0.3) is 5.22 Å². The Morgan fingerprint density at radius 3 is 2.32 bits per heavy atom. The minimum atomic E-state index is 0.223. The third kappa shape index (κ3) is 7.05. The molecule has 0 radical (unpaired) electrons. The third-order valence-electron chi connectivity index (χ3n) is 5.72. The van der Waals surface area contributed by atoms with Crippen LogP contribution in [0.1, 0.15) is 0 Å². The van der Waals surface area contributed by atoms with Crippen molar-refractivity contribution in [1.29, 1.82) is 0 Å². The average Bonchev–Trinajstić information content (AvgIpc) is 3.46. The lowest BCUT2D eigenvalue weighted by Gasteiger charge is -2.27. The van der Waals surface area contributed by atoms with Crippen LogP contribution in [0, 0.1) is 0 Å². The molecule has 1 aliphatic rings. The second kappa shape index (κ2) is 13.2. The highest BCUT2D eigenvalue weighted by Gasteiger charge is 2.21. The molecule has 13 nitrogen and oxygen atoms in total. The Morgan fingerprint density at radius 1 is 0.951 bits per heavy atom. The van der Waals surface area contributed by atoms with Gasteiger partial charge in [-0.25, -0.2) is 0 Å². The van der Waals surface area contributed by atoms with Gasteiger partial charge < -0.3 is 38.9 Å². The molecule has 4 aromatic rings. The van der Waals surface area contributed by atoms with Crippen molar-refractivity contribution in [3.63, 3.8) is 0 Å². The number of thiocarbonyl (C=S) groups is 1. The van der Waals surface area contributed by atoms with Gasteiger partial charge in [-0.15, -0.1) is 10.2 Å². The van der Waals surface area contributed by atoms with Gasteiger partial charge in [-0.05, 0) is 48.6 Å². The number of morpholine rings is 1. The highest BCUT2D eigenvalue weighted by atomic mass is 35.5. The minimum absolute atomic E-state index is 0.223. The maximum Gasteiger partial charge on any atom is 0.284 e. The summed E-state index contributed by atoms with van der Waals surface area (Å²) >= 11 is 12.5. The van der Waals surface area contributed by atoms with Gasteiger partial charge in [0, 0.05) is 41.1 Å². The van der Waals surface area contributed by atoms with Gasteiger partial charge in [0.2, 0.25) is 28.7 Å². The first kappa shape index (κ1) is 28.6. The van der Waals surface area contributed by atoms with Crippen LogP contribution in [0.2, 0.25) is 5.02 Å². The monoisotopic (exact) mass is 616 g/mol. The van der Waals surface area contributed by atoms with Crippen molar-refractivity contribution in [1.82, 2.24) is 25.1 Å². The van der Waals surface area contributed by atoms with Crippen LogP contribution >= 0.6 is 35.6 Å². The van der Waals surface area contributed by atoms with Crippen molar-refractivity contribution in [3.8, 4) is 28.7 Å². The van der Waals surface area contributed by atoms with Gasteiger partial charge in [-0.3, -0.25) is 0 Å². The quantitative estimate of drug-likeness (QED) is 0.256. The molecule has 0 atom stereocenters. The van der Waals surface area contributed by atoms with Gasteiger partial charge >= 0.3 is 0 Å². The molecule has 0 amide bonds. The lowest BCUT2D eigenvalue weighted by molar-refractivity contribution is 0.122. The Kier molecular flexibility index (Phi) is 9.18. The summed E-state index contributed by atoms with van der Waals surface area (Å²) in [5, 5.41) is 15.9. The molecule has 3 heterocycles. The summed E-state index contributed by atoms with van der Waals surface area (Å²) in [6.45, 7) is 2.39. The van der Waals surface area contributed by atoms with Crippen LogP contribution in [-0.4, -0.2) is 77.9 Å². The minimum Gasteiger partial charge on any atom is -0.493 e. The van der Waals surface area contributed by atoms with Crippen molar-refractivity contribution in [2.24, 2.45) is 0 Å². The second-order valence-corrected chi connectivity index (χ2v) is 10.1. The summed E-state index contributed by atoms with van der Waals surface area (Å²) in [6, 6.07) is 10.6. The van der Waals surface area contributed by atoms with Gasteiger partial charge in [0.05, 0.1) is 34.5 Å². The molecule has 1 aliphatic heterocycles. The summed E-state index contributed by atoms with van der Waals surface area (Å²) in [5.74, 6) is 2.34. The number of nitrogens with zero attached hydrogens (tertiary/aromatic N) is 6. The van der Waals surface area contributed by atoms with Crippen LogP contribution in [0.3, 0.4) is 0 Å². The smallest absolute Gasteiger partial charge is 0.284 e. The zero-order valence-corrected chi connectivity index (χ0v) is 24.6. The normalized spacial score (nSPS) is 13.0. The number of rotatable bonds is 9.